The maximum absolute atomic E-state index is 3.08. The van der Waals surface area contributed by atoms with Crippen molar-refractivity contribution in [3.63, 3.8) is 0 Å². The van der Waals surface area contributed by atoms with Crippen LogP contribution in [0.15, 0.2) is 232 Å². The average Bonchev–Trinajstić information content (AvgIpc) is 0.787. The van der Waals surface area contributed by atoms with E-state index in [1.54, 1.807) is 0 Å². The Morgan fingerprint density at radius 2 is 0.683 bits per heavy atom. The summed E-state index contributed by atoms with van der Waals surface area (Å²) in [5, 5.41) is 5.82. The quantitative estimate of drug-likeness (QED) is 0.140. The second-order valence-electron chi connectivity index (χ2n) is 23.8. The fourth-order valence-corrected chi connectivity index (χ4v) is 22.6. The second kappa shape index (κ2) is 18.4. The number of aryl methyl sites for hydroxylation is 8. The van der Waals surface area contributed by atoms with Gasteiger partial charge in [-0.1, -0.05) is 213 Å². The number of rotatable bonds is 8. The van der Waals surface area contributed by atoms with Gasteiger partial charge in [0.15, 0.2) is 8.07 Å². The zero-order valence-corrected chi connectivity index (χ0v) is 50.2. The molecule has 16 rings (SSSR count). The van der Waals surface area contributed by atoms with Gasteiger partial charge in [0.05, 0.1) is 11.4 Å². The first-order chi connectivity index (χ1) is 39.9. The molecule has 0 aliphatic carbocycles. The van der Waals surface area contributed by atoms with Crippen LogP contribution in [0.1, 0.15) is 44.5 Å². The fourth-order valence-electron chi connectivity index (χ4n) is 14.7. The van der Waals surface area contributed by atoms with Gasteiger partial charge < -0.3 is 14.7 Å². The summed E-state index contributed by atoms with van der Waals surface area (Å²) in [6.45, 7) is 18.1. The van der Waals surface area contributed by atoms with Crippen molar-refractivity contribution in [3.05, 3.63) is 257 Å². The second-order valence-corrected chi connectivity index (χ2v) is 29.7. The van der Waals surface area contributed by atoms with Gasteiger partial charge in [0, 0.05) is 59.4 Å². The Labute approximate surface area is 492 Å². The number of fused-ring (bicyclic) bond motifs is 6. The predicted octanol–water partition coefficient (Wildman–Crippen LogP) is 12.8. The Balaban J connectivity index is 1.00. The molecule has 0 aromatic heterocycles. The molecular formula is C74H59B2N3S2Si. The van der Waals surface area contributed by atoms with Crippen molar-refractivity contribution in [2.24, 2.45) is 0 Å². The number of anilines is 9. The molecule has 8 heteroatoms. The van der Waals surface area contributed by atoms with Gasteiger partial charge in [-0.25, -0.2) is 0 Å². The highest BCUT2D eigenvalue weighted by atomic mass is 32.2. The molecule has 0 saturated carbocycles. The van der Waals surface area contributed by atoms with Crippen molar-refractivity contribution in [2.75, 3.05) is 14.7 Å². The van der Waals surface area contributed by atoms with Crippen LogP contribution in [0.25, 0.3) is 0 Å². The molecule has 0 bridgehead atoms. The van der Waals surface area contributed by atoms with Crippen LogP contribution >= 0.6 is 23.5 Å². The highest BCUT2D eigenvalue weighted by molar-refractivity contribution is 8.01. The zero-order chi connectivity index (χ0) is 55.4. The minimum atomic E-state index is -3.08. The molecule has 82 heavy (non-hydrogen) atoms. The fraction of sp³-hybridized carbons (Fsp3) is 0.108. The van der Waals surface area contributed by atoms with Crippen LogP contribution in [0.5, 0.6) is 0 Å². The first-order valence-corrected chi connectivity index (χ1v) is 32.5. The molecule has 0 N–H and O–H groups in total. The van der Waals surface area contributed by atoms with Gasteiger partial charge in [-0.3, -0.25) is 0 Å². The smallest absolute Gasteiger partial charge is 0.249 e. The highest BCUT2D eigenvalue weighted by Gasteiger charge is 2.58. The summed E-state index contributed by atoms with van der Waals surface area (Å²) < 4.78 is 0. The first kappa shape index (κ1) is 49.7. The Morgan fingerprint density at radius 1 is 0.329 bits per heavy atom. The van der Waals surface area contributed by atoms with E-state index in [4.69, 9.17) is 0 Å². The van der Waals surface area contributed by atoms with E-state index in [-0.39, 0.29) is 13.4 Å². The van der Waals surface area contributed by atoms with Crippen LogP contribution in [0, 0.1) is 55.4 Å². The largest absolute Gasteiger partial charge is 0.313 e. The van der Waals surface area contributed by atoms with E-state index in [9.17, 15) is 0 Å². The van der Waals surface area contributed by atoms with Gasteiger partial charge in [-0.15, -0.1) is 0 Å². The normalized spacial score (nSPS) is 14.0. The molecule has 3 nitrogen and oxygen atoms in total. The lowest BCUT2D eigenvalue weighted by Gasteiger charge is -2.54. The summed E-state index contributed by atoms with van der Waals surface area (Å²) in [5.41, 5.74) is 29.9. The third kappa shape index (κ3) is 7.20. The lowest BCUT2D eigenvalue weighted by Crippen LogP contribution is -2.81. The van der Waals surface area contributed by atoms with Gasteiger partial charge >= 0.3 is 0 Å². The summed E-state index contributed by atoms with van der Waals surface area (Å²) in [5.74, 6) is 0. The molecule has 0 fully saturated rings. The summed E-state index contributed by atoms with van der Waals surface area (Å²) in [4.78, 5) is 13.1. The first-order valence-electron chi connectivity index (χ1n) is 28.9. The van der Waals surface area contributed by atoms with Gasteiger partial charge in [-0.2, -0.15) is 0 Å². The number of nitrogens with zero attached hydrogens (tertiary/aromatic N) is 3. The third-order valence-electron chi connectivity index (χ3n) is 18.3. The SMILES string of the molecule is Cc1ccc(N(c2ccc(C)cc2)c2cc3c(cc2C)B2c4cc(C)cc5c4N4c6c(cc(C)cc6[Si]5(c5ccccc5)c5ccccc5)B5c6cc(C)c(N(c7ccc(C)cc7)c7ccc(C)cc7)cc6Sc6cc(c2c4c65)S3)cc1. The number of hydrogen-bond acceptors (Lipinski definition) is 5. The summed E-state index contributed by atoms with van der Waals surface area (Å²) in [6.07, 6.45) is 0. The van der Waals surface area contributed by atoms with Crippen molar-refractivity contribution in [2.45, 2.75) is 75.0 Å². The molecule has 0 amide bonds. The molecule has 0 spiro atoms. The third-order valence-corrected chi connectivity index (χ3v) is 25.4. The lowest BCUT2D eigenvalue weighted by molar-refractivity contribution is 1.21. The molecule has 5 aliphatic rings. The van der Waals surface area contributed by atoms with E-state index >= 15 is 0 Å². The summed E-state index contributed by atoms with van der Waals surface area (Å²) in [6, 6.07) is 82.8. The molecule has 0 atom stereocenters. The summed E-state index contributed by atoms with van der Waals surface area (Å²) in [7, 11) is -3.08. The van der Waals surface area contributed by atoms with Crippen molar-refractivity contribution in [3.8, 4) is 0 Å². The molecule has 0 radical (unpaired) electrons. The van der Waals surface area contributed by atoms with Crippen molar-refractivity contribution in [1.82, 2.24) is 0 Å². The monoisotopic (exact) mass is 1100 g/mol. The number of benzene rings is 11. The minimum Gasteiger partial charge on any atom is -0.313 e. The Hall–Kier alpha value is -8.13. The van der Waals surface area contributed by atoms with Crippen molar-refractivity contribution in [1.29, 1.82) is 0 Å². The Kier molecular flexibility index (Phi) is 11.2. The van der Waals surface area contributed by atoms with Gasteiger partial charge in [-0.05, 0) is 176 Å². The maximum Gasteiger partial charge on any atom is 0.249 e. The summed E-state index contributed by atoms with van der Waals surface area (Å²) >= 11 is 3.97. The van der Waals surface area contributed by atoms with Gasteiger partial charge in [0.25, 0.3) is 0 Å². The van der Waals surface area contributed by atoms with E-state index in [1.165, 1.54) is 146 Å². The molecule has 5 aliphatic heterocycles. The maximum atomic E-state index is 2.84. The van der Waals surface area contributed by atoms with E-state index < -0.39 is 8.07 Å². The topological polar surface area (TPSA) is 9.72 Å². The molecule has 11 aromatic rings. The average molecular weight is 1100 g/mol. The van der Waals surface area contributed by atoms with E-state index in [2.05, 4.69) is 282 Å². The van der Waals surface area contributed by atoms with Gasteiger partial charge in [0.2, 0.25) is 13.4 Å². The standard InChI is InChI=1S/C74H59B2N3S2Si/c1-44-19-27-52(28-20-44)77(53-29-21-45(2)22-30-53)62-41-64-58(39-50(62)7)75-60-35-48(5)37-68-72(60)79-73-61(36-49(6)38-69(73)82(68,56-15-11-9-12-16-56)57-17-13-10-14-18-57)76-59-40-51(8)63(42-65(59)81-67-43-66(80-64)70(75)74(79)71(67)76)78(54-31-23-46(3)24-32-54)55-33-25-47(4)26-34-55/h9-43H,1-8H3. The zero-order valence-electron chi connectivity index (χ0n) is 47.5. The van der Waals surface area contributed by atoms with Crippen LogP contribution in [0.4, 0.5) is 51.2 Å². The van der Waals surface area contributed by atoms with Crippen molar-refractivity contribution >= 4 is 150 Å². The van der Waals surface area contributed by atoms with E-state index in [0.29, 0.717) is 0 Å². The van der Waals surface area contributed by atoms with Crippen LogP contribution in [0.2, 0.25) is 0 Å². The van der Waals surface area contributed by atoms with Crippen molar-refractivity contribution < 1.29 is 0 Å². The molecule has 5 heterocycles. The van der Waals surface area contributed by atoms with E-state index in [1.807, 2.05) is 23.5 Å². The molecule has 0 unspecified atom stereocenters. The lowest BCUT2D eigenvalue weighted by atomic mass is 9.30. The molecule has 392 valence electrons. The molecular weight excluding hydrogens is 1040 g/mol. The molecule has 11 aromatic carbocycles. The van der Waals surface area contributed by atoms with Crippen LogP contribution in [-0.2, 0) is 0 Å². The van der Waals surface area contributed by atoms with Crippen LogP contribution in [0.3, 0.4) is 0 Å². The Bertz CT molecular complexity index is 4120. The predicted molar refractivity (Wildman–Crippen MR) is 356 cm³/mol. The number of hydrogen-bond donors (Lipinski definition) is 0. The molecule has 0 saturated heterocycles. The Morgan fingerprint density at radius 3 is 1.04 bits per heavy atom. The van der Waals surface area contributed by atoms with Gasteiger partial charge in [0.1, 0.15) is 0 Å². The van der Waals surface area contributed by atoms with Crippen LogP contribution < -0.4 is 68.2 Å². The van der Waals surface area contributed by atoms with Crippen LogP contribution in [-0.4, -0.2) is 21.5 Å². The van der Waals surface area contributed by atoms with E-state index in [0.717, 1.165) is 22.7 Å². The highest BCUT2D eigenvalue weighted by Crippen LogP contribution is 2.51. The minimum absolute atomic E-state index is 0.0110.